The van der Waals surface area contributed by atoms with Crippen molar-refractivity contribution in [1.82, 2.24) is 9.78 Å². The first-order valence-corrected chi connectivity index (χ1v) is 8.13. The molecule has 0 N–H and O–H groups in total. The third-order valence-electron chi connectivity index (χ3n) is 4.36. The topological polar surface area (TPSA) is 34.9 Å². The first-order chi connectivity index (χ1) is 11.4. The van der Waals surface area contributed by atoms with E-state index in [0.717, 1.165) is 28.1 Å². The summed E-state index contributed by atoms with van der Waals surface area (Å²) in [4.78, 5) is 12.0. The van der Waals surface area contributed by atoms with Crippen molar-refractivity contribution in [2.45, 2.75) is 34.6 Å². The summed E-state index contributed by atoms with van der Waals surface area (Å²) in [6.45, 7) is 9.76. The molecule has 0 aliphatic rings. The summed E-state index contributed by atoms with van der Waals surface area (Å²) in [6, 6.07) is 14.6. The van der Waals surface area contributed by atoms with E-state index in [4.69, 9.17) is 0 Å². The van der Waals surface area contributed by atoms with Gasteiger partial charge in [0.15, 0.2) is 5.78 Å². The fraction of sp³-hybridized carbons (Fsp3) is 0.238. The van der Waals surface area contributed by atoms with Gasteiger partial charge in [-0.15, -0.1) is 0 Å². The lowest BCUT2D eigenvalue weighted by molar-refractivity contribution is 0.101. The monoisotopic (exact) mass is 318 g/mol. The van der Waals surface area contributed by atoms with E-state index in [9.17, 15) is 4.79 Å². The highest BCUT2D eigenvalue weighted by Gasteiger charge is 2.20. The second-order valence-electron chi connectivity index (χ2n) is 6.45. The minimum absolute atomic E-state index is 0.00984. The fourth-order valence-electron chi connectivity index (χ4n) is 3.10. The molecule has 0 unspecified atom stereocenters. The molecule has 3 heteroatoms. The van der Waals surface area contributed by atoms with Crippen molar-refractivity contribution in [2.24, 2.45) is 0 Å². The van der Waals surface area contributed by atoms with Crippen LogP contribution in [0.15, 0.2) is 42.5 Å². The summed E-state index contributed by atoms with van der Waals surface area (Å²) in [5, 5.41) is 4.64. The Morgan fingerprint density at radius 3 is 2.12 bits per heavy atom. The first kappa shape index (κ1) is 16.2. The highest BCUT2D eigenvalue weighted by Crippen LogP contribution is 2.30. The minimum Gasteiger partial charge on any atom is -0.293 e. The zero-order valence-electron chi connectivity index (χ0n) is 14.8. The molecule has 0 saturated heterocycles. The standard InChI is InChI=1S/C21H22N2O/c1-13-6-9-18(10-7-13)21-16(4)20(17(5)24)22-23(21)19-11-8-14(2)12-15(19)3/h6-12H,1-5H3. The van der Waals surface area contributed by atoms with Crippen LogP contribution in [0, 0.1) is 27.7 Å². The molecule has 1 aromatic heterocycles. The van der Waals surface area contributed by atoms with Gasteiger partial charge in [-0.1, -0.05) is 47.5 Å². The maximum Gasteiger partial charge on any atom is 0.180 e. The van der Waals surface area contributed by atoms with Gasteiger partial charge in [0, 0.05) is 18.1 Å². The smallest absolute Gasteiger partial charge is 0.180 e. The molecule has 0 radical (unpaired) electrons. The summed E-state index contributed by atoms with van der Waals surface area (Å²) in [6.07, 6.45) is 0. The summed E-state index contributed by atoms with van der Waals surface area (Å²) in [7, 11) is 0. The number of aryl methyl sites for hydroxylation is 3. The zero-order valence-corrected chi connectivity index (χ0v) is 14.8. The van der Waals surface area contributed by atoms with E-state index in [1.807, 2.05) is 11.6 Å². The molecule has 3 nitrogen and oxygen atoms in total. The number of ketones is 1. The van der Waals surface area contributed by atoms with Gasteiger partial charge < -0.3 is 0 Å². The van der Waals surface area contributed by atoms with Crippen molar-refractivity contribution in [1.29, 1.82) is 0 Å². The van der Waals surface area contributed by atoms with Crippen LogP contribution in [-0.4, -0.2) is 15.6 Å². The van der Waals surface area contributed by atoms with Crippen molar-refractivity contribution < 1.29 is 4.79 Å². The van der Waals surface area contributed by atoms with Crippen LogP contribution in [0.5, 0.6) is 0 Å². The van der Waals surface area contributed by atoms with Crippen LogP contribution in [0.4, 0.5) is 0 Å². The molecule has 1 heterocycles. The molecule has 3 rings (SSSR count). The summed E-state index contributed by atoms with van der Waals surface area (Å²) in [5.41, 5.74) is 8.07. The average molecular weight is 318 g/mol. The van der Waals surface area contributed by atoms with Gasteiger partial charge in [-0.25, -0.2) is 4.68 Å². The first-order valence-electron chi connectivity index (χ1n) is 8.13. The Hall–Kier alpha value is -2.68. The van der Waals surface area contributed by atoms with Gasteiger partial charge in [0.05, 0.1) is 11.4 Å². The summed E-state index contributed by atoms with van der Waals surface area (Å²) in [5.74, 6) is -0.00984. The van der Waals surface area contributed by atoms with Crippen LogP contribution in [0.25, 0.3) is 16.9 Å². The van der Waals surface area contributed by atoms with Crippen molar-refractivity contribution in [3.63, 3.8) is 0 Å². The molecule has 3 aromatic rings. The van der Waals surface area contributed by atoms with Gasteiger partial charge in [0.1, 0.15) is 5.69 Å². The van der Waals surface area contributed by atoms with Crippen LogP contribution >= 0.6 is 0 Å². The Morgan fingerprint density at radius 2 is 1.54 bits per heavy atom. The Labute approximate surface area is 143 Å². The molecule has 0 amide bonds. The number of hydrogen-bond donors (Lipinski definition) is 0. The summed E-state index contributed by atoms with van der Waals surface area (Å²) >= 11 is 0. The predicted octanol–water partition coefficient (Wildman–Crippen LogP) is 4.98. The SMILES string of the molecule is CC(=O)c1nn(-c2ccc(C)cc2C)c(-c2ccc(C)cc2)c1C. The number of carbonyl (C=O) groups excluding carboxylic acids is 1. The second kappa shape index (κ2) is 6.08. The number of nitrogens with zero attached hydrogens (tertiary/aromatic N) is 2. The molecule has 2 aromatic carbocycles. The Kier molecular flexibility index (Phi) is 4.10. The van der Waals surface area contributed by atoms with Crippen LogP contribution < -0.4 is 0 Å². The molecule has 24 heavy (non-hydrogen) atoms. The average Bonchev–Trinajstić information content (AvgIpc) is 2.86. The Balaban J connectivity index is 2.30. The number of hydrogen-bond acceptors (Lipinski definition) is 2. The van der Waals surface area contributed by atoms with Gasteiger partial charge >= 0.3 is 0 Å². The number of carbonyl (C=O) groups is 1. The predicted molar refractivity (Wildman–Crippen MR) is 98.0 cm³/mol. The van der Waals surface area contributed by atoms with Gasteiger partial charge in [0.25, 0.3) is 0 Å². The highest BCUT2D eigenvalue weighted by molar-refractivity contribution is 5.95. The van der Waals surface area contributed by atoms with Crippen LogP contribution in [-0.2, 0) is 0 Å². The minimum atomic E-state index is -0.00984. The van der Waals surface area contributed by atoms with Crippen molar-refractivity contribution >= 4 is 5.78 Å². The number of aromatic nitrogens is 2. The van der Waals surface area contributed by atoms with Gasteiger partial charge in [-0.3, -0.25) is 4.79 Å². The van der Waals surface area contributed by atoms with E-state index in [0.29, 0.717) is 5.69 Å². The maximum absolute atomic E-state index is 12.0. The lowest BCUT2D eigenvalue weighted by Crippen LogP contribution is -2.03. The molecular formula is C21H22N2O. The second-order valence-corrected chi connectivity index (χ2v) is 6.45. The van der Waals surface area contributed by atoms with Crippen LogP contribution in [0.1, 0.15) is 39.7 Å². The molecule has 0 aliphatic heterocycles. The van der Waals surface area contributed by atoms with Crippen molar-refractivity contribution in [3.05, 3.63) is 70.4 Å². The quantitative estimate of drug-likeness (QED) is 0.639. The van der Waals surface area contributed by atoms with Gasteiger partial charge in [-0.2, -0.15) is 5.10 Å². The zero-order chi connectivity index (χ0) is 17.4. The van der Waals surface area contributed by atoms with E-state index in [2.05, 4.69) is 68.3 Å². The molecule has 0 aliphatic carbocycles. The van der Waals surface area contributed by atoms with Crippen LogP contribution in [0.2, 0.25) is 0 Å². The lowest BCUT2D eigenvalue weighted by Gasteiger charge is -2.12. The maximum atomic E-state index is 12.0. The third-order valence-corrected chi connectivity index (χ3v) is 4.36. The largest absolute Gasteiger partial charge is 0.293 e. The molecule has 0 atom stereocenters. The van der Waals surface area contributed by atoms with Gasteiger partial charge in [0.2, 0.25) is 0 Å². The highest BCUT2D eigenvalue weighted by atomic mass is 16.1. The fourth-order valence-corrected chi connectivity index (χ4v) is 3.10. The lowest BCUT2D eigenvalue weighted by atomic mass is 10.0. The van der Waals surface area contributed by atoms with E-state index >= 15 is 0 Å². The summed E-state index contributed by atoms with van der Waals surface area (Å²) < 4.78 is 1.91. The Bertz CT molecular complexity index is 918. The Morgan fingerprint density at radius 1 is 0.917 bits per heavy atom. The number of benzene rings is 2. The molecule has 0 saturated carbocycles. The van der Waals surface area contributed by atoms with Gasteiger partial charge in [-0.05, 0) is 39.3 Å². The molecule has 0 fully saturated rings. The van der Waals surface area contributed by atoms with E-state index in [-0.39, 0.29) is 5.78 Å². The number of Topliss-reactive ketones (excluding diaryl/α,β-unsaturated/α-hetero) is 1. The van der Waals surface area contributed by atoms with E-state index in [1.165, 1.54) is 11.1 Å². The molecule has 0 bridgehead atoms. The molecule has 122 valence electrons. The number of rotatable bonds is 3. The molecular weight excluding hydrogens is 296 g/mol. The van der Waals surface area contributed by atoms with Crippen LogP contribution in [0.3, 0.4) is 0 Å². The van der Waals surface area contributed by atoms with Crippen molar-refractivity contribution in [2.75, 3.05) is 0 Å². The van der Waals surface area contributed by atoms with E-state index < -0.39 is 0 Å². The van der Waals surface area contributed by atoms with Crippen molar-refractivity contribution in [3.8, 4) is 16.9 Å². The molecule has 0 spiro atoms. The normalized spacial score (nSPS) is 10.9. The third kappa shape index (κ3) is 2.78. The van der Waals surface area contributed by atoms with E-state index in [1.54, 1.807) is 6.92 Å².